The molecule has 0 saturated heterocycles. The van der Waals surface area contributed by atoms with Crippen LogP contribution in [0, 0.1) is 17.2 Å². The van der Waals surface area contributed by atoms with Crippen LogP contribution < -0.4 is 11.1 Å². The highest BCUT2D eigenvalue weighted by molar-refractivity contribution is 5.81. The highest BCUT2D eigenvalue weighted by Crippen LogP contribution is 2.02. The van der Waals surface area contributed by atoms with Crippen LogP contribution in [0.4, 0.5) is 0 Å². The molecule has 0 radical (unpaired) electrons. The largest absolute Gasteiger partial charge is 0.354 e. The average molecular weight is 183 g/mol. The van der Waals surface area contributed by atoms with Gasteiger partial charge in [0.05, 0.1) is 18.5 Å². The first-order valence-electron chi connectivity index (χ1n) is 4.48. The van der Waals surface area contributed by atoms with E-state index in [0.29, 0.717) is 25.3 Å². The summed E-state index contributed by atoms with van der Waals surface area (Å²) in [5.41, 5.74) is 5.61. The van der Waals surface area contributed by atoms with Crippen LogP contribution >= 0.6 is 0 Å². The standard InChI is InChI=1S/C9H17N3O/c1-7(2)6-8(11)9(13)12-5-3-4-10/h7-8H,3,5-6,11H2,1-2H3,(H,12,13)/t8-/m0/s1. The van der Waals surface area contributed by atoms with E-state index >= 15 is 0 Å². The third kappa shape index (κ3) is 6.12. The van der Waals surface area contributed by atoms with Gasteiger partial charge in [0.1, 0.15) is 0 Å². The molecular weight excluding hydrogens is 166 g/mol. The molecule has 0 saturated carbocycles. The van der Waals surface area contributed by atoms with Crippen LogP contribution in [0.1, 0.15) is 26.7 Å². The van der Waals surface area contributed by atoms with Crippen LogP contribution in [0.3, 0.4) is 0 Å². The van der Waals surface area contributed by atoms with E-state index in [-0.39, 0.29) is 5.91 Å². The summed E-state index contributed by atoms with van der Waals surface area (Å²) in [6.45, 7) is 4.42. The Hall–Kier alpha value is -1.08. The molecule has 74 valence electrons. The van der Waals surface area contributed by atoms with Crippen molar-refractivity contribution in [2.24, 2.45) is 11.7 Å². The molecule has 0 spiro atoms. The first-order valence-corrected chi connectivity index (χ1v) is 4.48. The highest BCUT2D eigenvalue weighted by atomic mass is 16.2. The molecule has 4 nitrogen and oxygen atoms in total. The smallest absolute Gasteiger partial charge is 0.236 e. The lowest BCUT2D eigenvalue weighted by Gasteiger charge is -2.13. The predicted molar refractivity (Wildman–Crippen MR) is 50.7 cm³/mol. The van der Waals surface area contributed by atoms with Gasteiger partial charge in [-0.2, -0.15) is 5.26 Å². The molecule has 0 aliphatic heterocycles. The SMILES string of the molecule is CC(C)C[C@H](N)C(=O)NCCC#N. The van der Waals surface area contributed by atoms with Gasteiger partial charge in [0.15, 0.2) is 0 Å². The Morgan fingerprint density at radius 1 is 1.62 bits per heavy atom. The van der Waals surface area contributed by atoms with Gasteiger partial charge in [-0.05, 0) is 12.3 Å². The number of nitrogens with one attached hydrogen (secondary N) is 1. The molecule has 0 aromatic heterocycles. The van der Waals surface area contributed by atoms with Crippen LogP contribution in [0.2, 0.25) is 0 Å². The van der Waals surface area contributed by atoms with Gasteiger partial charge >= 0.3 is 0 Å². The molecule has 3 N–H and O–H groups in total. The second-order valence-electron chi connectivity index (χ2n) is 3.44. The van der Waals surface area contributed by atoms with Gasteiger partial charge in [-0.3, -0.25) is 4.79 Å². The minimum absolute atomic E-state index is 0.163. The lowest BCUT2D eigenvalue weighted by Crippen LogP contribution is -2.41. The van der Waals surface area contributed by atoms with Gasteiger partial charge in [0, 0.05) is 6.54 Å². The van der Waals surface area contributed by atoms with Crippen molar-refractivity contribution in [1.29, 1.82) is 5.26 Å². The molecular formula is C9H17N3O. The molecule has 0 aromatic rings. The van der Waals surface area contributed by atoms with Crippen molar-refractivity contribution in [2.75, 3.05) is 6.54 Å². The topological polar surface area (TPSA) is 78.9 Å². The van der Waals surface area contributed by atoms with E-state index in [1.807, 2.05) is 19.9 Å². The van der Waals surface area contributed by atoms with Gasteiger partial charge in [0.25, 0.3) is 0 Å². The second-order valence-corrected chi connectivity index (χ2v) is 3.44. The quantitative estimate of drug-likeness (QED) is 0.605. The van der Waals surface area contributed by atoms with E-state index in [1.165, 1.54) is 0 Å². The minimum Gasteiger partial charge on any atom is -0.354 e. The Balaban J connectivity index is 3.64. The molecule has 0 unspecified atom stereocenters. The number of carbonyl (C=O) groups is 1. The van der Waals surface area contributed by atoms with Gasteiger partial charge in [-0.1, -0.05) is 13.8 Å². The van der Waals surface area contributed by atoms with Crippen molar-refractivity contribution in [2.45, 2.75) is 32.7 Å². The summed E-state index contributed by atoms with van der Waals surface area (Å²) < 4.78 is 0. The summed E-state index contributed by atoms with van der Waals surface area (Å²) in [5.74, 6) is 0.251. The summed E-state index contributed by atoms with van der Waals surface area (Å²) in [7, 11) is 0. The van der Waals surface area contributed by atoms with Gasteiger partial charge in [-0.15, -0.1) is 0 Å². The van der Waals surface area contributed by atoms with Crippen molar-refractivity contribution >= 4 is 5.91 Å². The molecule has 1 amide bonds. The second kappa shape index (κ2) is 6.44. The maximum Gasteiger partial charge on any atom is 0.236 e. The fourth-order valence-corrected chi connectivity index (χ4v) is 0.988. The Morgan fingerprint density at radius 3 is 2.69 bits per heavy atom. The van der Waals surface area contributed by atoms with Crippen molar-refractivity contribution in [3.05, 3.63) is 0 Å². The number of nitrogens with two attached hydrogens (primary N) is 1. The van der Waals surface area contributed by atoms with E-state index in [4.69, 9.17) is 11.0 Å². The van der Waals surface area contributed by atoms with Crippen LogP contribution in [-0.4, -0.2) is 18.5 Å². The summed E-state index contributed by atoms with van der Waals surface area (Å²) in [6, 6.07) is 1.50. The van der Waals surface area contributed by atoms with Gasteiger partial charge in [-0.25, -0.2) is 0 Å². The Labute approximate surface area is 79.1 Å². The molecule has 1 atom stereocenters. The Kier molecular flexibility index (Phi) is 5.90. The maximum atomic E-state index is 11.2. The van der Waals surface area contributed by atoms with Crippen molar-refractivity contribution in [1.82, 2.24) is 5.32 Å². The zero-order chi connectivity index (χ0) is 10.3. The number of nitrogens with zero attached hydrogens (tertiary/aromatic N) is 1. The molecule has 0 fully saturated rings. The minimum atomic E-state index is -0.446. The molecule has 13 heavy (non-hydrogen) atoms. The van der Waals surface area contributed by atoms with Crippen molar-refractivity contribution in [3.63, 3.8) is 0 Å². The molecule has 0 heterocycles. The number of hydrogen-bond donors (Lipinski definition) is 2. The van der Waals surface area contributed by atoms with Gasteiger partial charge < -0.3 is 11.1 Å². The molecule has 4 heteroatoms. The third-order valence-electron chi connectivity index (χ3n) is 1.60. The summed E-state index contributed by atoms with van der Waals surface area (Å²) >= 11 is 0. The zero-order valence-corrected chi connectivity index (χ0v) is 8.21. The summed E-state index contributed by atoms with van der Waals surface area (Å²) in [6.07, 6.45) is 1.01. The van der Waals surface area contributed by atoms with E-state index in [2.05, 4.69) is 5.32 Å². The maximum absolute atomic E-state index is 11.2. The number of amides is 1. The predicted octanol–water partition coefficient (Wildman–Crippen LogP) is 0.390. The van der Waals surface area contributed by atoms with E-state index < -0.39 is 6.04 Å². The lowest BCUT2D eigenvalue weighted by atomic mass is 10.0. The number of nitriles is 1. The third-order valence-corrected chi connectivity index (χ3v) is 1.60. The molecule has 0 aromatic carbocycles. The molecule has 0 rings (SSSR count). The molecule has 0 aliphatic carbocycles. The number of carbonyl (C=O) groups excluding carboxylic acids is 1. The van der Waals surface area contributed by atoms with Crippen molar-refractivity contribution < 1.29 is 4.79 Å². The highest BCUT2D eigenvalue weighted by Gasteiger charge is 2.13. The monoisotopic (exact) mass is 183 g/mol. The average Bonchev–Trinajstić information content (AvgIpc) is 2.03. The number of hydrogen-bond acceptors (Lipinski definition) is 3. The van der Waals surface area contributed by atoms with Crippen LogP contribution in [0.15, 0.2) is 0 Å². The molecule has 0 aliphatic rings. The van der Waals surface area contributed by atoms with Crippen molar-refractivity contribution in [3.8, 4) is 6.07 Å². The normalized spacial score (nSPS) is 12.2. The Bertz CT molecular complexity index is 196. The summed E-state index contributed by atoms with van der Waals surface area (Å²) in [5, 5.41) is 10.8. The first-order chi connectivity index (χ1) is 6.07. The van der Waals surface area contributed by atoms with Crippen LogP contribution in [0.5, 0.6) is 0 Å². The Morgan fingerprint density at radius 2 is 2.23 bits per heavy atom. The van der Waals surface area contributed by atoms with Crippen LogP contribution in [0.25, 0.3) is 0 Å². The molecule has 0 bridgehead atoms. The zero-order valence-electron chi connectivity index (χ0n) is 8.21. The van der Waals surface area contributed by atoms with Gasteiger partial charge in [0.2, 0.25) is 5.91 Å². The fraction of sp³-hybridized carbons (Fsp3) is 0.778. The van der Waals surface area contributed by atoms with E-state index in [1.54, 1.807) is 0 Å². The summed E-state index contributed by atoms with van der Waals surface area (Å²) in [4.78, 5) is 11.2. The number of rotatable bonds is 5. The fourth-order valence-electron chi connectivity index (χ4n) is 0.988. The first kappa shape index (κ1) is 11.9. The van der Waals surface area contributed by atoms with E-state index in [0.717, 1.165) is 0 Å². The van der Waals surface area contributed by atoms with E-state index in [9.17, 15) is 4.79 Å². The lowest BCUT2D eigenvalue weighted by molar-refractivity contribution is -0.122. The van der Waals surface area contributed by atoms with Crippen LogP contribution in [-0.2, 0) is 4.79 Å².